The van der Waals surface area contributed by atoms with Gasteiger partial charge in [0.05, 0.1) is 16.5 Å². The van der Waals surface area contributed by atoms with Crippen LogP contribution in [0.3, 0.4) is 0 Å². The average molecular weight is 408 g/mol. The maximum Gasteiger partial charge on any atom is 0.251 e. The van der Waals surface area contributed by atoms with Crippen molar-refractivity contribution in [2.24, 2.45) is 10.9 Å². The van der Waals surface area contributed by atoms with Crippen molar-refractivity contribution in [3.63, 3.8) is 0 Å². The SMILES string of the molecule is C=CCn1c(=NC(=O)C2CCN(S(C)(=O)=O)CC2)sc2c(C)cc(C)cc21. The van der Waals surface area contributed by atoms with Gasteiger partial charge in [0.1, 0.15) is 0 Å². The van der Waals surface area contributed by atoms with Gasteiger partial charge in [-0.25, -0.2) is 12.7 Å². The lowest BCUT2D eigenvalue weighted by molar-refractivity contribution is -0.122. The molecule has 27 heavy (non-hydrogen) atoms. The largest absolute Gasteiger partial charge is 0.312 e. The normalized spacial score (nSPS) is 17.5. The van der Waals surface area contributed by atoms with Gasteiger partial charge in [0.2, 0.25) is 10.0 Å². The van der Waals surface area contributed by atoms with E-state index in [9.17, 15) is 13.2 Å². The highest BCUT2D eigenvalue weighted by atomic mass is 32.2. The molecular weight excluding hydrogens is 382 g/mol. The van der Waals surface area contributed by atoms with Crippen LogP contribution in [0.5, 0.6) is 0 Å². The third-order valence-electron chi connectivity index (χ3n) is 4.90. The Kier molecular flexibility index (Phi) is 5.69. The van der Waals surface area contributed by atoms with Gasteiger partial charge in [-0.15, -0.1) is 6.58 Å². The number of carbonyl (C=O) groups is 1. The molecule has 0 unspecified atom stereocenters. The van der Waals surface area contributed by atoms with Crippen LogP contribution in [-0.2, 0) is 21.4 Å². The van der Waals surface area contributed by atoms with Crippen molar-refractivity contribution in [3.05, 3.63) is 40.7 Å². The van der Waals surface area contributed by atoms with Crippen LogP contribution >= 0.6 is 11.3 Å². The molecule has 2 heterocycles. The second kappa shape index (κ2) is 7.69. The molecule has 1 saturated heterocycles. The van der Waals surface area contributed by atoms with Gasteiger partial charge in [-0.1, -0.05) is 23.5 Å². The monoisotopic (exact) mass is 407 g/mol. The van der Waals surface area contributed by atoms with E-state index < -0.39 is 10.0 Å². The van der Waals surface area contributed by atoms with E-state index in [1.165, 1.54) is 33.0 Å². The summed E-state index contributed by atoms with van der Waals surface area (Å²) in [5.74, 6) is -0.393. The van der Waals surface area contributed by atoms with Crippen LogP contribution in [-0.4, -0.2) is 42.5 Å². The summed E-state index contributed by atoms with van der Waals surface area (Å²) >= 11 is 1.52. The molecular formula is C19H25N3O3S2. The molecule has 0 atom stereocenters. The number of amides is 1. The van der Waals surface area contributed by atoms with Gasteiger partial charge >= 0.3 is 0 Å². The fraction of sp³-hybridized carbons (Fsp3) is 0.474. The fourth-order valence-electron chi connectivity index (χ4n) is 3.52. The molecule has 1 amide bonds. The van der Waals surface area contributed by atoms with Gasteiger partial charge in [0, 0.05) is 25.6 Å². The Bertz CT molecular complexity index is 1060. The second-order valence-corrected chi connectivity index (χ2v) is 10.1. The predicted molar refractivity (Wildman–Crippen MR) is 109 cm³/mol. The van der Waals surface area contributed by atoms with E-state index in [4.69, 9.17) is 0 Å². The van der Waals surface area contributed by atoms with E-state index in [2.05, 4.69) is 37.6 Å². The highest BCUT2D eigenvalue weighted by Crippen LogP contribution is 2.24. The van der Waals surface area contributed by atoms with E-state index in [1.54, 1.807) is 6.08 Å². The summed E-state index contributed by atoms with van der Waals surface area (Å²) in [6, 6.07) is 4.24. The highest BCUT2D eigenvalue weighted by Gasteiger charge is 2.29. The van der Waals surface area contributed by atoms with Crippen LogP contribution in [0, 0.1) is 19.8 Å². The van der Waals surface area contributed by atoms with Gasteiger partial charge in [-0.2, -0.15) is 4.99 Å². The van der Waals surface area contributed by atoms with Crippen molar-refractivity contribution >= 4 is 37.5 Å². The van der Waals surface area contributed by atoms with Gasteiger partial charge in [0.15, 0.2) is 4.80 Å². The van der Waals surface area contributed by atoms with Crippen LogP contribution in [0.4, 0.5) is 0 Å². The maximum atomic E-state index is 12.7. The predicted octanol–water partition coefficient (Wildman–Crippen LogP) is 2.60. The number of aromatic nitrogens is 1. The first kappa shape index (κ1) is 20.0. The number of carbonyl (C=O) groups excluding carboxylic acids is 1. The van der Waals surface area contributed by atoms with Crippen LogP contribution in [0.1, 0.15) is 24.0 Å². The average Bonchev–Trinajstić information content (AvgIpc) is 2.92. The molecule has 1 aromatic heterocycles. The summed E-state index contributed by atoms with van der Waals surface area (Å²) in [5, 5.41) is 0. The number of hydrogen-bond acceptors (Lipinski definition) is 4. The topological polar surface area (TPSA) is 71.7 Å². The molecule has 1 aromatic carbocycles. The number of nitrogens with zero attached hydrogens (tertiary/aromatic N) is 3. The van der Waals surface area contributed by atoms with Gasteiger partial charge in [-0.05, 0) is 43.9 Å². The first-order valence-corrected chi connectivity index (χ1v) is 11.6. The molecule has 1 fully saturated rings. The molecule has 0 aliphatic carbocycles. The molecule has 1 aliphatic heterocycles. The minimum Gasteiger partial charge on any atom is -0.312 e. The quantitative estimate of drug-likeness (QED) is 0.732. The number of hydrogen-bond donors (Lipinski definition) is 0. The van der Waals surface area contributed by atoms with E-state index >= 15 is 0 Å². The van der Waals surface area contributed by atoms with Gasteiger partial charge in [0.25, 0.3) is 5.91 Å². The highest BCUT2D eigenvalue weighted by molar-refractivity contribution is 7.88. The Morgan fingerprint density at radius 1 is 1.33 bits per heavy atom. The first-order chi connectivity index (χ1) is 12.7. The van der Waals surface area contributed by atoms with Crippen molar-refractivity contribution in [2.75, 3.05) is 19.3 Å². The third kappa shape index (κ3) is 4.23. The summed E-state index contributed by atoms with van der Waals surface area (Å²) in [6.07, 6.45) is 4.04. The molecule has 3 rings (SSSR count). The second-order valence-electron chi connectivity index (χ2n) is 7.10. The Morgan fingerprint density at radius 3 is 2.59 bits per heavy atom. The number of fused-ring (bicyclic) bond motifs is 1. The third-order valence-corrected chi connectivity index (χ3v) is 7.44. The molecule has 6 nitrogen and oxygen atoms in total. The molecule has 0 radical (unpaired) electrons. The molecule has 8 heteroatoms. The molecule has 0 spiro atoms. The fourth-order valence-corrected chi connectivity index (χ4v) is 5.49. The van der Waals surface area contributed by atoms with Crippen molar-refractivity contribution < 1.29 is 13.2 Å². The Balaban J connectivity index is 1.94. The van der Waals surface area contributed by atoms with Gasteiger partial charge in [-0.3, -0.25) is 4.79 Å². The Hall–Kier alpha value is -1.77. The Labute approximate surface area is 163 Å². The number of piperidine rings is 1. The lowest BCUT2D eigenvalue weighted by atomic mass is 9.98. The number of thiazole rings is 1. The standard InChI is InChI=1S/C19H25N3O3S2/c1-5-8-22-16-12-13(2)11-14(3)17(16)26-19(22)20-18(23)15-6-9-21(10-7-15)27(4,24)25/h5,11-12,15H,1,6-10H2,2-4H3. The number of allylic oxidation sites excluding steroid dienone is 1. The number of sulfonamides is 1. The van der Waals surface area contributed by atoms with Crippen LogP contribution in [0.25, 0.3) is 10.2 Å². The molecule has 146 valence electrons. The van der Waals surface area contributed by atoms with Crippen molar-refractivity contribution in [1.29, 1.82) is 0 Å². The number of rotatable bonds is 4. The summed E-state index contributed by atoms with van der Waals surface area (Å²) in [7, 11) is -3.20. The molecule has 0 N–H and O–H groups in total. The molecule has 0 bridgehead atoms. The Morgan fingerprint density at radius 2 is 2.00 bits per heavy atom. The van der Waals surface area contributed by atoms with E-state index in [1.807, 2.05) is 4.57 Å². The maximum absolute atomic E-state index is 12.7. The van der Waals surface area contributed by atoms with Crippen molar-refractivity contribution in [3.8, 4) is 0 Å². The van der Waals surface area contributed by atoms with Crippen LogP contribution < -0.4 is 4.80 Å². The van der Waals surface area contributed by atoms with Gasteiger partial charge < -0.3 is 4.57 Å². The molecule has 0 saturated carbocycles. The van der Waals surface area contributed by atoms with Crippen molar-refractivity contribution in [2.45, 2.75) is 33.2 Å². The smallest absolute Gasteiger partial charge is 0.251 e. The zero-order valence-corrected chi connectivity index (χ0v) is 17.6. The van der Waals surface area contributed by atoms with E-state index in [-0.39, 0.29) is 11.8 Å². The number of aryl methyl sites for hydroxylation is 2. The van der Waals surface area contributed by atoms with Crippen LogP contribution in [0.15, 0.2) is 29.8 Å². The van der Waals surface area contributed by atoms with Crippen molar-refractivity contribution in [1.82, 2.24) is 8.87 Å². The van der Waals surface area contributed by atoms with E-state index in [0.717, 1.165) is 10.2 Å². The zero-order valence-electron chi connectivity index (χ0n) is 15.9. The lowest BCUT2D eigenvalue weighted by Crippen LogP contribution is -2.39. The molecule has 2 aromatic rings. The summed E-state index contributed by atoms with van der Waals surface area (Å²) in [6.45, 7) is 9.28. The summed E-state index contributed by atoms with van der Waals surface area (Å²) in [5.41, 5.74) is 3.40. The van der Waals surface area contributed by atoms with Crippen LogP contribution in [0.2, 0.25) is 0 Å². The zero-order chi connectivity index (χ0) is 19.8. The minimum atomic E-state index is -3.20. The first-order valence-electron chi connectivity index (χ1n) is 8.96. The lowest BCUT2D eigenvalue weighted by Gasteiger charge is -2.28. The molecule has 1 aliphatic rings. The van der Waals surface area contributed by atoms with E-state index in [0.29, 0.717) is 37.3 Å². The minimum absolute atomic E-state index is 0.165. The summed E-state index contributed by atoms with van der Waals surface area (Å²) < 4.78 is 27.9. The number of benzene rings is 1. The summed E-state index contributed by atoms with van der Waals surface area (Å²) in [4.78, 5) is 17.8.